The Balaban J connectivity index is 2.62. The van der Waals surface area contributed by atoms with E-state index in [1.807, 2.05) is 0 Å². The van der Waals surface area contributed by atoms with Crippen molar-refractivity contribution < 1.29 is 24.0 Å². The Morgan fingerprint density at radius 3 is 1.75 bits per heavy atom. The molecule has 0 aliphatic carbocycles. The number of carboxylic acids is 1. The lowest BCUT2D eigenvalue weighted by molar-refractivity contribution is -0.163. The summed E-state index contributed by atoms with van der Waals surface area (Å²) in [5.41, 5.74) is -1.91. The lowest BCUT2D eigenvalue weighted by Crippen LogP contribution is -2.42. The minimum Gasteiger partial charge on any atom is -0.480 e. The van der Waals surface area contributed by atoms with E-state index in [2.05, 4.69) is 4.74 Å². The van der Waals surface area contributed by atoms with Crippen molar-refractivity contribution in [2.75, 3.05) is 13.3 Å². The van der Waals surface area contributed by atoms with Gasteiger partial charge in [0.2, 0.25) is 0 Å². The lowest BCUT2D eigenvalue weighted by atomic mass is 9.94. The van der Waals surface area contributed by atoms with Crippen LogP contribution in [0.1, 0.15) is 6.92 Å². The second-order valence-electron chi connectivity index (χ2n) is 5.70. The summed E-state index contributed by atoms with van der Waals surface area (Å²) in [5.74, 6) is -2.27. The molecule has 24 heavy (non-hydrogen) atoms. The van der Waals surface area contributed by atoms with Crippen LogP contribution in [-0.2, 0) is 18.9 Å². The van der Waals surface area contributed by atoms with Gasteiger partial charge in [0, 0.05) is 16.8 Å². The molecule has 1 atom stereocenters. The van der Waals surface area contributed by atoms with E-state index in [-0.39, 0.29) is 6.16 Å². The number of esters is 1. The summed E-state index contributed by atoms with van der Waals surface area (Å²) in [5, 5.41) is 10.6. The average molecular weight is 346 g/mol. The zero-order valence-corrected chi connectivity index (χ0v) is 14.4. The summed E-state index contributed by atoms with van der Waals surface area (Å²) in [6, 6.07) is 17.3. The van der Waals surface area contributed by atoms with E-state index in [1.54, 1.807) is 60.7 Å². The predicted molar refractivity (Wildman–Crippen MR) is 92.4 cm³/mol. The molecular weight excluding hydrogens is 327 g/mol. The predicted octanol–water partition coefficient (Wildman–Crippen LogP) is 2.26. The maximum absolute atomic E-state index is 13.9. The van der Waals surface area contributed by atoms with Gasteiger partial charge in [-0.3, -0.25) is 9.59 Å². The fourth-order valence-corrected chi connectivity index (χ4v) is 5.69. The monoisotopic (exact) mass is 346 g/mol. The van der Waals surface area contributed by atoms with Crippen molar-refractivity contribution in [1.29, 1.82) is 0 Å². The van der Waals surface area contributed by atoms with Gasteiger partial charge in [0.15, 0.2) is 5.41 Å². The normalized spacial score (nSPS) is 13.8. The van der Waals surface area contributed by atoms with E-state index >= 15 is 0 Å². The van der Waals surface area contributed by atoms with Gasteiger partial charge in [-0.1, -0.05) is 60.7 Å². The van der Waals surface area contributed by atoms with Crippen LogP contribution in [0.2, 0.25) is 0 Å². The number of hydrogen-bond acceptors (Lipinski definition) is 4. The van der Waals surface area contributed by atoms with Crippen molar-refractivity contribution >= 4 is 29.7 Å². The molecule has 0 saturated carbocycles. The largest absolute Gasteiger partial charge is 0.480 e. The molecule has 1 N–H and O–H groups in total. The number of methoxy groups -OCH3 is 1. The Morgan fingerprint density at radius 1 is 1.00 bits per heavy atom. The third-order valence-electron chi connectivity index (χ3n) is 3.99. The van der Waals surface area contributed by atoms with E-state index in [0.29, 0.717) is 10.6 Å². The van der Waals surface area contributed by atoms with Gasteiger partial charge in [0.1, 0.15) is 7.14 Å². The molecule has 0 aliphatic heterocycles. The molecular formula is C18H19O5P. The van der Waals surface area contributed by atoms with Crippen molar-refractivity contribution in [1.82, 2.24) is 0 Å². The van der Waals surface area contributed by atoms with Crippen LogP contribution in [0.4, 0.5) is 0 Å². The molecule has 0 aromatic heterocycles. The van der Waals surface area contributed by atoms with Crippen LogP contribution < -0.4 is 10.6 Å². The minimum atomic E-state index is -3.35. The first-order valence-corrected chi connectivity index (χ1v) is 9.26. The highest BCUT2D eigenvalue weighted by atomic mass is 31.2. The van der Waals surface area contributed by atoms with Gasteiger partial charge in [0.05, 0.1) is 7.11 Å². The molecule has 126 valence electrons. The number of carboxylic acid groups (broad SMARTS) is 1. The summed E-state index contributed by atoms with van der Waals surface area (Å²) >= 11 is 0. The fourth-order valence-electron chi connectivity index (χ4n) is 2.56. The van der Waals surface area contributed by atoms with E-state index in [1.165, 1.54) is 6.92 Å². The molecule has 0 aliphatic rings. The van der Waals surface area contributed by atoms with Gasteiger partial charge in [-0.15, -0.1) is 0 Å². The van der Waals surface area contributed by atoms with Crippen LogP contribution in [0, 0.1) is 5.41 Å². The van der Waals surface area contributed by atoms with Crippen LogP contribution in [-0.4, -0.2) is 30.3 Å². The molecule has 0 fully saturated rings. The molecule has 1 unspecified atom stereocenters. The second-order valence-corrected chi connectivity index (χ2v) is 8.53. The third-order valence-corrected chi connectivity index (χ3v) is 7.34. The van der Waals surface area contributed by atoms with E-state index in [9.17, 15) is 19.3 Å². The Labute approximate surface area is 140 Å². The molecule has 0 heterocycles. The number of benzene rings is 2. The van der Waals surface area contributed by atoms with Crippen LogP contribution in [0.25, 0.3) is 0 Å². The van der Waals surface area contributed by atoms with Crippen molar-refractivity contribution in [3.63, 3.8) is 0 Å². The first-order valence-electron chi connectivity index (χ1n) is 7.37. The second kappa shape index (κ2) is 7.02. The average Bonchev–Trinajstić information content (AvgIpc) is 2.62. The molecule has 2 aromatic carbocycles. The Hall–Kier alpha value is -2.39. The van der Waals surface area contributed by atoms with E-state index in [0.717, 1.165) is 7.11 Å². The number of carbonyl (C=O) groups excluding carboxylic acids is 1. The summed E-state index contributed by atoms with van der Waals surface area (Å²) in [4.78, 5) is 23.8. The van der Waals surface area contributed by atoms with E-state index < -0.39 is 24.5 Å². The molecule has 2 rings (SSSR count). The third kappa shape index (κ3) is 3.26. The molecule has 6 heteroatoms. The SMILES string of the molecule is COC(=O)C(C)(CP(=O)(c1ccccc1)c1ccccc1)C(=O)O. The summed E-state index contributed by atoms with van der Waals surface area (Å²) in [6.45, 7) is 1.25. The highest BCUT2D eigenvalue weighted by molar-refractivity contribution is 7.78. The first-order chi connectivity index (χ1) is 11.3. The molecule has 0 amide bonds. The number of ether oxygens (including phenoxy) is 1. The van der Waals surface area contributed by atoms with Gasteiger partial charge in [-0.05, 0) is 6.92 Å². The van der Waals surface area contributed by atoms with Gasteiger partial charge in [-0.2, -0.15) is 0 Å². The number of rotatable bonds is 6. The van der Waals surface area contributed by atoms with Crippen molar-refractivity contribution in [2.45, 2.75) is 6.92 Å². The Morgan fingerprint density at radius 2 is 1.42 bits per heavy atom. The van der Waals surface area contributed by atoms with Crippen molar-refractivity contribution in [2.24, 2.45) is 5.41 Å². The highest BCUT2D eigenvalue weighted by Crippen LogP contribution is 2.48. The molecule has 0 saturated heterocycles. The molecule has 2 aromatic rings. The van der Waals surface area contributed by atoms with Crippen molar-refractivity contribution in [3.05, 3.63) is 60.7 Å². The molecule has 0 radical (unpaired) electrons. The number of hydrogen-bond donors (Lipinski definition) is 1. The molecule has 0 bridgehead atoms. The topological polar surface area (TPSA) is 80.7 Å². The number of carbonyl (C=O) groups is 2. The quantitative estimate of drug-likeness (QED) is 0.493. The first kappa shape index (κ1) is 18.0. The maximum Gasteiger partial charge on any atom is 0.323 e. The Kier molecular flexibility index (Phi) is 5.25. The zero-order valence-electron chi connectivity index (χ0n) is 13.5. The Bertz CT molecular complexity index is 729. The van der Waals surface area contributed by atoms with Gasteiger partial charge < -0.3 is 14.4 Å². The highest BCUT2D eigenvalue weighted by Gasteiger charge is 2.49. The van der Waals surface area contributed by atoms with Crippen molar-refractivity contribution in [3.8, 4) is 0 Å². The van der Waals surface area contributed by atoms with E-state index in [4.69, 9.17) is 0 Å². The summed E-state index contributed by atoms with van der Waals surface area (Å²) in [7, 11) is -2.22. The van der Waals surface area contributed by atoms with Crippen LogP contribution in [0.3, 0.4) is 0 Å². The van der Waals surface area contributed by atoms with Gasteiger partial charge in [0.25, 0.3) is 0 Å². The summed E-state index contributed by atoms with van der Waals surface area (Å²) in [6.07, 6.45) is -0.351. The number of aliphatic carboxylic acids is 1. The molecule has 5 nitrogen and oxygen atoms in total. The maximum atomic E-state index is 13.9. The lowest BCUT2D eigenvalue weighted by Gasteiger charge is -2.28. The van der Waals surface area contributed by atoms with Crippen LogP contribution in [0.5, 0.6) is 0 Å². The molecule has 0 spiro atoms. The summed E-state index contributed by atoms with van der Waals surface area (Å²) < 4.78 is 18.5. The smallest absolute Gasteiger partial charge is 0.323 e. The standard InChI is InChI=1S/C18H19O5P/c1-18(16(19)20,17(21)23-2)13-24(22,14-9-5-3-6-10-14)15-11-7-4-8-12-15/h3-12H,13H2,1-2H3,(H,19,20). The van der Waals surface area contributed by atoms with Crippen LogP contribution >= 0.6 is 7.14 Å². The zero-order chi connectivity index (χ0) is 17.8. The fraction of sp³-hybridized carbons (Fsp3) is 0.222. The van der Waals surface area contributed by atoms with Gasteiger partial charge >= 0.3 is 11.9 Å². The van der Waals surface area contributed by atoms with Crippen LogP contribution in [0.15, 0.2) is 60.7 Å². The minimum absolute atomic E-state index is 0.351. The van der Waals surface area contributed by atoms with Gasteiger partial charge in [-0.25, -0.2) is 0 Å².